The maximum absolute atomic E-state index is 5.32. The fourth-order valence-electron chi connectivity index (χ4n) is 0.926. The van der Waals surface area contributed by atoms with E-state index in [0.29, 0.717) is 11.2 Å². The number of rotatable bonds is 0. The van der Waals surface area contributed by atoms with Crippen molar-refractivity contribution in [1.82, 2.24) is 9.97 Å². The summed E-state index contributed by atoms with van der Waals surface area (Å²) in [4.78, 5) is 7.99. The predicted octanol–water partition coefficient (Wildman–Crippen LogP) is 1.11. The van der Waals surface area contributed by atoms with Crippen LogP contribution in [0.5, 0.6) is 0 Å². The van der Waals surface area contributed by atoms with Gasteiger partial charge in [-0.1, -0.05) is 0 Å². The fraction of sp³-hybridized carbons (Fsp3) is 0.143. The monoisotopic (exact) mass is 149 g/mol. The molecule has 0 fully saturated rings. The molecule has 11 heavy (non-hydrogen) atoms. The highest BCUT2D eigenvalue weighted by Gasteiger charge is 2.01. The number of nitrogen functional groups attached to an aromatic ring is 1. The van der Waals surface area contributed by atoms with Crippen molar-refractivity contribution in [2.45, 2.75) is 6.92 Å². The average Bonchev–Trinajstić information content (AvgIpc) is 2.27. The number of anilines is 1. The lowest BCUT2D eigenvalue weighted by atomic mass is 10.4. The molecular weight excluding hydrogens is 142 g/mol. The Morgan fingerprint density at radius 2 is 2.18 bits per heavy atom. The molecule has 56 valence electrons. The highest BCUT2D eigenvalue weighted by Crippen LogP contribution is 2.13. The lowest BCUT2D eigenvalue weighted by molar-refractivity contribution is 0.613. The highest BCUT2D eigenvalue weighted by atomic mass is 16.4. The van der Waals surface area contributed by atoms with Crippen LogP contribution in [0.2, 0.25) is 0 Å². The summed E-state index contributed by atoms with van der Waals surface area (Å²) in [5.74, 6) is 0. The minimum absolute atomic E-state index is 0.165. The molecule has 0 aromatic carbocycles. The normalized spacial score (nSPS) is 10.6. The third-order valence-corrected chi connectivity index (χ3v) is 1.41. The fourth-order valence-corrected chi connectivity index (χ4v) is 0.926. The highest BCUT2D eigenvalue weighted by molar-refractivity contribution is 5.69. The number of nitrogens with zero attached hydrogens (tertiary/aromatic N) is 2. The predicted molar refractivity (Wildman–Crippen MR) is 41.0 cm³/mol. The number of hydrogen-bond donors (Lipinski definition) is 1. The number of oxazole rings is 1. The second kappa shape index (κ2) is 1.95. The van der Waals surface area contributed by atoms with Crippen molar-refractivity contribution in [3.8, 4) is 0 Å². The SMILES string of the molecule is Cc1ccc2nc(N)oc2n1. The Bertz CT molecular complexity index is 393. The molecule has 0 aliphatic rings. The van der Waals surface area contributed by atoms with Crippen molar-refractivity contribution in [3.05, 3.63) is 17.8 Å². The van der Waals surface area contributed by atoms with Crippen molar-refractivity contribution >= 4 is 17.2 Å². The molecule has 0 spiro atoms. The van der Waals surface area contributed by atoms with E-state index in [9.17, 15) is 0 Å². The third-order valence-electron chi connectivity index (χ3n) is 1.41. The molecule has 0 saturated heterocycles. The van der Waals surface area contributed by atoms with E-state index in [1.807, 2.05) is 19.1 Å². The minimum Gasteiger partial charge on any atom is -0.405 e. The molecule has 2 aromatic heterocycles. The third kappa shape index (κ3) is 0.920. The van der Waals surface area contributed by atoms with Crippen LogP contribution in [0.3, 0.4) is 0 Å². The van der Waals surface area contributed by atoms with Crippen LogP contribution in [0.1, 0.15) is 5.69 Å². The van der Waals surface area contributed by atoms with Crippen molar-refractivity contribution in [2.75, 3.05) is 5.73 Å². The minimum atomic E-state index is 0.165. The zero-order chi connectivity index (χ0) is 7.84. The Hall–Kier alpha value is -1.58. The van der Waals surface area contributed by atoms with Gasteiger partial charge in [-0.25, -0.2) is 4.98 Å². The zero-order valence-electron chi connectivity index (χ0n) is 6.03. The maximum Gasteiger partial charge on any atom is 0.294 e. The Morgan fingerprint density at radius 3 is 3.00 bits per heavy atom. The maximum atomic E-state index is 5.32. The first-order valence-corrected chi connectivity index (χ1v) is 3.25. The first kappa shape index (κ1) is 6.15. The van der Waals surface area contributed by atoms with E-state index in [-0.39, 0.29) is 6.01 Å². The summed E-state index contributed by atoms with van der Waals surface area (Å²) < 4.78 is 5.00. The van der Waals surface area contributed by atoms with Crippen LogP contribution in [0, 0.1) is 6.92 Å². The number of hydrogen-bond acceptors (Lipinski definition) is 4. The molecule has 2 rings (SSSR count). The first-order valence-electron chi connectivity index (χ1n) is 3.25. The summed E-state index contributed by atoms with van der Waals surface area (Å²) in [6, 6.07) is 3.86. The molecule has 0 aliphatic heterocycles. The Balaban J connectivity index is 2.82. The van der Waals surface area contributed by atoms with Gasteiger partial charge in [0.25, 0.3) is 6.01 Å². The Labute approximate surface area is 63.1 Å². The largest absolute Gasteiger partial charge is 0.405 e. The second-order valence-electron chi connectivity index (χ2n) is 2.33. The van der Waals surface area contributed by atoms with Gasteiger partial charge in [-0.05, 0) is 19.1 Å². The van der Waals surface area contributed by atoms with E-state index >= 15 is 0 Å². The molecule has 2 aromatic rings. The summed E-state index contributed by atoms with van der Waals surface area (Å²) >= 11 is 0. The van der Waals surface area contributed by atoms with Gasteiger partial charge < -0.3 is 10.2 Å². The van der Waals surface area contributed by atoms with Gasteiger partial charge in [-0.15, -0.1) is 0 Å². The quantitative estimate of drug-likeness (QED) is 0.609. The molecule has 2 N–H and O–H groups in total. The van der Waals surface area contributed by atoms with Crippen LogP contribution in [0.4, 0.5) is 6.01 Å². The topological polar surface area (TPSA) is 64.9 Å². The van der Waals surface area contributed by atoms with Gasteiger partial charge in [0.1, 0.15) is 5.52 Å². The van der Waals surface area contributed by atoms with Crippen LogP contribution < -0.4 is 5.73 Å². The number of pyridine rings is 1. The van der Waals surface area contributed by atoms with Gasteiger partial charge in [0.05, 0.1) is 0 Å². The van der Waals surface area contributed by atoms with Gasteiger partial charge in [0.15, 0.2) is 0 Å². The van der Waals surface area contributed by atoms with Crippen LogP contribution in [-0.4, -0.2) is 9.97 Å². The summed E-state index contributed by atoms with van der Waals surface area (Å²) in [7, 11) is 0. The lowest BCUT2D eigenvalue weighted by Crippen LogP contribution is -1.80. The van der Waals surface area contributed by atoms with E-state index in [1.54, 1.807) is 0 Å². The molecule has 0 amide bonds. The zero-order valence-corrected chi connectivity index (χ0v) is 6.03. The molecule has 4 heteroatoms. The molecule has 0 aliphatic carbocycles. The van der Waals surface area contributed by atoms with E-state index in [1.165, 1.54) is 0 Å². The Morgan fingerprint density at radius 1 is 1.36 bits per heavy atom. The molecule has 4 nitrogen and oxygen atoms in total. The number of aromatic nitrogens is 2. The van der Waals surface area contributed by atoms with Crippen LogP contribution in [0.25, 0.3) is 11.2 Å². The number of aryl methyl sites for hydroxylation is 1. The number of nitrogens with two attached hydrogens (primary N) is 1. The Kier molecular flexibility index (Phi) is 1.09. The van der Waals surface area contributed by atoms with Crippen LogP contribution in [0.15, 0.2) is 16.5 Å². The molecule has 0 unspecified atom stereocenters. The summed E-state index contributed by atoms with van der Waals surface area (Å²) in [6.07, 6.45) is 0. The molecule has 0 radical (unpaired) electrons. The van der Waals surface area contributed by atoms with Gasteiger partial charge in [0, 0.05) is 5.69 Å². The van der Waals surface area contributed by atoms with E-state index in [2.05, 4.69) is 9.97 Å². The van der Waals surface area contributed by atoms with Gasteiger partial charge >= 0.3 is 0 Å². The standard InChI is InChI=1S/C7H7N3O/c1-4-2-3-5-6(9-4)11-7(8)10-5/h2-3H,1H3,(H2,8,10). The molecule has 2 heterocycles. The van der Waals surface area contributed by atoms with Gasteiger partial charge in [0.2, 0.25) is 5.71 Å². The lowest BCUT2D eigenvalue weighted by Gasteiger charge is -1.86. The van der Waals surface area contributed by atoms with E-state index in [0.717, 1.165) is 5.69 Å². The average molecular weight is 149 g/mol. The van der Waals surface area contributed by atoms with Gasteiger partial charge in [-0.3, -0.25) is 0 Å². The summed E-state index contributed by atoms with van der Waals surface area (Å²) in [5.41, 5.74) is 7.42. The van der Waals surface area contributed by atoms with E-state index in [4.69, 9.17) is 10.2 Å². The molecule has 0 atom stereocenters. The molecule has 0 bridgehead atoms. The summed E-state index contributed by atoms with van der Waals surface area (Å²) in [6.45, 7) is 1.89. The smallest absolute Gasteiger partial charge is 0.294 e. The second-order valence-corrected chi connectivity index (χ2v) is 2.33. The van der Waals surface area contributed by atoms with Crippen molar-refractivity contribution < 1.29 is 4.42 Å². The first-order chi connectivity index (χ1) is 5.25. The van der Waals surface area contributed by atoms with Crippen molar-refractivity contribution in [2.24, 2.45) is 0 Å². The molecule has 0 saturated carbocycles. The van der Waals surface area contributed by atoms with Crippen LogP contribution >= 0.6 is 0 Å². The molecular formula is C7H7N3O. The number of fused-ring (bicyclic) bond motifs is 1. The van der Waals surface area contributed by atoms with Crippen molar-refractivity contribution in [3.63, 3.8) is 0 Å². The van der Waals surface area contributed by atoms with Crippen LogP contribution in [-0.2, 0) is 0 Å². The van der Waals surface area contributed by atoms with E-state index < -0.39 is 0 Å². The van der Waals surface area contributed by atoms with Crippen molar-refractivity contribution in [1.29, 1.82) is 0 Å². The van der Waals surface area contributed by atoms with Gasteiger partial charge in [-0.2, -0.15) is 4.98 Å². The summed E-state index contributed by atoms with van der Waals surface area (Å²) in [5, 5.41) is 0.